The van der Waals surface area contributed by atoms with Gasteiger partial charge in [0.2, 0.25) is 11.8 Å². The van der Waals surface area contributed by atoms with Crippen LogP contribution in [0.25, 0.3) is 0 Å². The summed E-state index contributed by atoms with van der Waals surface area (Å²) in [6.07, 6.45) is 0.843. The molecule has 0 aliphatic carbocycles. The Balaban J connectivity index is 1.91. The zero-order chi connectivity index (χ0) is 22.1. The molecule has 7 heteroatoms. The molecule has 30 heavy (non-hydrogen) atoms. The molecule has 1 atom stereocenters. The van der Waals surface area contributed by atoms with E-state index in [1.54, 1.807) is 42.5 Å². The van der Waals surface area contributed by atoms with Crippen LogP contribution in [-0.4, -0.2) is 30.3 Å². The van der Waals surface area contributed by atoms with Crippen LogP contribution in [0.4, 0.5) is 17.1 Å². The summed E-state index contributed by atoms with van der Waals surface area (Å²) in [4.78, 5) is 36.4. The van der Waals surface area contributed by atoms with E-state index in [0.29, 0.717) is 22.6 Å². The molecule has 0 aliphatic heterocycles. The summed E-state index contributed by atoms with van der Waals surface area (Å²) in [5, 5.41) is 11.6. The third-order valence-electron chi connectivity index (χ3n) is 4.51. The second-order valence-corrected chi connectivity index (χ2v) is 7.49. The highest BCUT2D eigenvalue weighted by atomic mass is 16.2. The number of hydrogen-bond acceptors (Lipinski definition) is 4. The summed E-state index contributed by atoms with van der Waals surface area (Å²) in [6, 6.07) is 14.1. The van der Waals surface area contributed by atoms with Gasteiger partial charge in [0.05, 0.1) is 6.54 Å². The molecular weight excluding hydrogens is 380 g/mol. The van der Waals surface area contributed by atoms with Crippen LogP contribution in [-0.2, 0) is 9.59 Å². The third-order valence-corrected chi connectivity index (χ3v) is 4.51. The van der Waals surface area contributed by atoms with Gasteiger partial charge in [-0.15, -0.1) is 0 Å². The molecule has 7 nitrogen and oxygen atoms in total. The zero-order valence-electron chi connectivity index (χ0n) is 17.9. The number of amides is 3. The van der Waals surface area contributed by atoms with Crippen molar-refractivity contribution in [2.45, 2.75) is 40.2 Å². The normalized spacial score (nSPS) is 11.5. The van der Waals surface area contributed by atoms with E-state index in [-0.39, 0.29) is 36.2 Å². The lowest BCUT2D eigenvalue weighted by atomic mass is 10.1. The largest absolute Gasteiger partial charge is 0.376 e. The Morgan fingerprint density at radius 2 is 1.50 bits per heavy atom. The van der Waals surface area contributed by atoms with Gasteiger partial charge < -0.3 is 21.3 Å². The molecule has 2 aromatic rings. The summed E-state index contributed by atoms with van der Waals surface area (Å²) in [7, 11) is 0. The molecule has 2 rings (SSSR count). The fourth-order valence-corrected chi connectivity index (χ4v) is 2.53. The molecule has 160 valence electrons. The predicted molar refractivity (Wildman–Crippen MR) is 121 cm³/mol. The number of carbonyl (C=O) groups excluding carboxylic acids is 3. The van der Waals surface area contributed by atoms with Crippen molar-refractivity contribution in [1.82, 2.24) is 5.32 Å². The van der Waals surface area contributed by atoms with Crippen molar-refractivity contribution in [2.75, 3.05) is 22.5 Å². The number of carbonyl (C=O) groups is 3. The first-order valence-corrected chi connectivity index (χ1v) is 10.1. The maximum Gasteiger partial charge on any atom is 0.251 e. The highest BCUT2D eigenvalue weighted by Gasteiger charge is 2.11. The quantitative estimate of drug-likeness (QED) is 0.504. The van der Waals surface area contributed by atoms with E-state index in [2.05, 4.69) is 21.3 Å². The first-order valence-electron chi connectivity index (χ1n) is 10.1. The standard InChI is InChI=1S/C23H30N4O3/c1-5-16(4)25-23(30)17-8-6-10-19(12-17)26-21(28)14-24-18-9-7-11-20(13-18)27-22(29)15(2)3/h6-13,15-16,24H,5,14H2,1-4H3,(H,25,30)(H,26,28)(H,27,29). The van der Waals surface area contributed by atoms with Gasteiger partial charge in [0.15, 0.2) is 0 Å². The molecule has 2 aromatic carbocycles. The number of rotatable bonds is 9. The van der Waals surface area contributed by atoms with Gasteiger partial charge in [0.1, 0.15) is 0 Å². The monoisotopic (exact) mass is 410 g/mol. The molecule has 0 aliphatic rings. The highest BCUT2D eigenvalue weighted by molar-refractivity contribution is 5.98. The van der Waals surface area contributed by atoms with Crippen LogP contribution < -0.4 is 21.3 Å². The molecule has 0 radical (unpaired) electrons. The Bertz CT molecular complexity index is 896. The van der Waals surface area contributed by atoms with Crippen LogP contribution in [0.1, 0.15) is 44.5 Å². The van der Waals surface area contributed by atoms with Gasteiger partial charge in [0.25, 0.3) is 5.91 Å². The molecule has 3 amide bonds. The molecule has 4 N–H and O–H groups in total. The van der Waals surface area contributed by atoms with Gasteiger partial charge in [-0.3, -0.25) is 14.4 Å². The molecule has 1 unspecified atom stereocenters. The summed E-state index contributed by atoms with van der Waals surface area (Å²) in [5.74, 6) is -0.595. The predicted octanol–water partition coefficient (Wildman–Crippen LogP) is 3.86. The van der Waals surface area contributed by atoms with Crippen molar-refractivity contribution in [3.63, 3.8) is 0 Å². The number of hydrogen-bond donors (Lipinski definition) is 4. The second-order valence-electron chi connectivity index (χ2n) is 7.49. The third kappa shape index (κ3) is 7.24. The van der Waals surface area contributed by atoms with Crippen molar-refractivity contribution in [2.24, 2.45) is 5.92 Å². The maximum absolute atomic E-state index is 12.3. The molecule has 0 saturated heterocycles. The molecule has 0 aromatic heterocycles. The van der Waals surface area contributed by atoms with E-state index in [9.17, 15) is 14.4 Å². The SMILES string of the molecule is CCC(C)NC(=O)c1cccc(NC(=O)CNc2cccc(NC(=O)C(C)C)c2)c1. The van der Waals surface area contributed by atoms with Crippen LogP contribution in [0.5, 0.6) is 0 Å². The van der Waals surface area contributed by atoms with Crippen LogP contribution in [0.3, 0.4) is 0 Å². The van der Waals surface area contributed by atoms with Gasteiger partial charge in [-0.1, -0.05) is 32.9 Å². The first-order chi connectivity index (χ1) is 14.3. The van der Waals surface area contributed by atoms with E-state index >= 15 is 0 Å². The van der Waals surface area contributed by atoms with E-state index in [0.717, 1.165) is 6.42 Å². The molecule has 0 spiro atoms. The Labute approximate surface area is 177 Å². The minimum absolute atomic E-state index is 0.0465. The van der Waals surface area contributed by atoms with Crippen LogP contribution >= 0.6 is 0 Å². The Morgan fingerprint density at radius 3 is 2.17 bits per heavy atom. The van der Waals surface area contributed by atoms with Crippen molar-refractivity contribution in [3.05, 3.63) is 54.1 Å². The van der Waals surface area contributed by atoms with E-state index < -0.39 is 0 Å². The molecule has 0 bridgehead atoms. The summed E-state index contributed by atoms with van der Waals surface area (Å²) in [6.45, 7) is 7.64. The highest BCUT2D eigenvalue weighted by Crippen LogP contribution is 2.16. The zero-order valence-corrected chi connectivity index (χ0v) is 17.9. The number of benzene rings is 2. The van der Waals surface area contributed by atoms with Crippen molar-refractivity contribution in [1.29, 1.82) is 0 Å². The van der Waals surface area contributed by atoms with Crippen LogP contribution in [0, 0.1) is 5.92 Å². The van der Waals surface area contributed by atoms with Crippen LogP contribution in [0.15, 0.2) is 48.5 Å². The Hall–Kier alpha value is -3.35. The van der Waals surface area contributed by atoms with Crippen LogP contribution in [0.2, 0.25) is 0 Å². The minimum atomic E-state index is -0.244. The summed E-state index contributed by atoms with van der Waals surface area (Å²) in [5.41, 5.74) is 2.43. The lowest BCUT2D eigenvalue weighted by Gasteiger charge is -2.13. The molecule has 0 saturated carbocycles. The van der Waals surface area contributed by atoms with Crippen molar-refractivity contribution in [3.8, 4) is 0 Å². The summed E-state index contributed by atoms with van der Waals surface area (Å²) >= 11 is 0. The number of anilines is 3. The number of nitrogens with one attached hydrogen (secondary N) is 4. The minimum Gasteiger partial charge on any atom is -0.376 e. The first kappa shape index (κ1) is 22.9. The molecule has 0 heterocycles. The van der Waals surface area contributed by atoms with Gasteiger partial charge in [-0.25, -0.2) is 0 Å². The van der Waals surface area contributed by atoms with Gasteiger partial charge in [-0.05, 0) is 49.7 Å². The van der Waals surface area contributed by atoms with E-state index in [1.807, 2.05) is 33.8 Å². The topological polar surface area (TPSA) is 99.3 Å². The van der Waals surface area contributed by atoms with Gasteiger partial charge in [-0.2, -0.15) is 0 Å². The second kappa shape index (κ2) is 11.0. The average molecular weight is 411 g/mol. The Morgan fingerprint density at radius 1 is 0.867 bits per heavy atom. The van der Waals surface area contributed by atoms with E-state index in [4.69, 9.17) is 0 Å². The van der Waals surface area contributed by atoms with Gasteiger partial charge in [0, 0.05) is 34.6 Å². The van der Waals surface area contributed by atoms with Gasteiger partial charge >= 0.3 is 0 Å². The Kier molecular flexibility index (Phi) is 8.41. The van der Waals surface area contributed by atoms with Crippen molar-refractivity contribution < 1.29 is 14.4 Å². The average Bonchev–Trinajstić information content (AvgIpc) is 2.72. The lowest BCUT2D eigenvalue weighted by molar-refractivity contribution is -0.119. The maximum atomic E-state index is 12.3. The lowest BCUT2D eigenvalue weighted by Crippen LogP contribution is -2.32. The fraction of sp³-hybridized carbons (Fsp3) is 0.348. The molecule has 0 fully saturated rings. The van der Waals surface area contributed by atoms with Crippen molar-refractivity contribution >= 4 is 34.8 Å². The smallest absolute Gasteiger partial charge is 0.251 e. The molecular formula is C23H30N4O3. The summed E-state index contributed by atoms with van der Waals surface area (Å²) < 4.78 is 0. The fourth-order valence-electron chi connectivity index (χ4n) is 2.53. The van der Waals surface area contributed by atoms with E-state index in [1.165, 1.54) is 0 Å².